The third kappa shape index (κ3) is 8.54. The van der Waals surface area contributed by atoms with E-state index in [4.69, 9.17) is 0 Å². The summed E-state index contributed by atoms with van der Waals surface area (Å²) in [7, 11) is 0. The van der Waals surface area contributed by atoms with Gasteiger partial charge >= 0.3 is 0 Å². The highest BCUT2D eigenvalue weighted by molar-refractivity contribution is 5.98. The third-order valence-corrected chi connectivity index (χ3v) is 7.88. The molecule has 1 saturated heterocycles. The van der Waals surface area contributed by atoms with Crippen molar-refractivity contribution in [2.45, 2.75) is 65.2 Å². The molecule has 2 amide bonds. The zero-order valence-electron chi connectivity index (χ0n) is 23.8. The number of hydrogen-bond donors (Lipinski definition) is 0. The van der Waals surface area contributed by atoms with Crippen molar-refractivity contribution in [3.63, 3.8) is 0 Å². The van der Waals surface area contributed by atoms with Crippen LogP contribution in [0.5, 0.6) is 0 Å². The van der Waals surface area contributed by atoms with Gasteiger partial charge < -0.3 is 9.80 Å². The number of nitrogens with zero attached hydrogens (tertiary/aromatic N) is 2. The Morgan fingerprint density at radius 1 is 0.872 bits per heavy atom. The molecule has 0 radical (unpaired) electrons. The maximum absolute atomic E-state index is 13.3. The number of likely N-dealkylation sites (tertiary alicyclic amines) is 1. The predicted octanol–water partition coefficient (Wildman–Crippen LogP) is 7.98. The van der Waals surface area contributed by atoms with Gasteiger partial charge in [-0.15, -0.1) is 0 Å². The van der Waals surface area contributed by atoms with Crippen LogP contribution >= 0.6 is 0 Å². The number of hydrogen-bond acceptors (Lipinski definition) is 2. The molecular formula is C35H44N2O2. The normalized spacial score (nSPS) is 14.5. The fourth-order valence-electron chi connectivity index (χ4n) is 5.61. The van der Waals surface area contributed by atoms with E-state index in [9.17, 15) is 9.59 Å². The van der Waals surface area contributed by atoms with Crippen molar-refractivity contribution in [2.24, 2.45) is 5.92 Å². The van der Waals surface area contributed by atoms with Crippen molar-refractivity contribution < 1.29 is 9.59 Å². The van der Waals surface area contributed by atoms with E-state index in [0.717, 1.165) is 61.7 Å². The summed E-state index contributed by atoms with van der Waals surface area (Å²) in [6, 6.07) is 24.5. The number of fused-ring (bicyclic) bond motifs is 1. The molecule has 0 unspecified atom stereocenters. The van der Waals surface area contributed by atoms with Gasteiger partial charge in [-0.05, 0) is 60.6 Å². The van der Waals surface area contributed by atoms with Crippen LogP contribution < -0.4 is 0 Å². The third-order valence-electron chi connectivity index (χ3n) is 7.88. The first-order chi connectivity index (χ1) is 19.0. The van der Waals surface area contributed by atoms with Crippen LogP contribution in [0.1, 0.15) is 81.1 Å². The average molecular weight is 525 g/mol. The highest BCUT2D eigenvalue weighted by Crippen LogP contribution is 2.23. The quantitative estimate of drug-likeness (QED) is 0.225. The van der Waals surface area contributed by atoms with Crippen molar-refractivity contribution in [1.29, 1.82) is 0 Å². The zero-order valence-corrected chi connectivity index (χ0v) is 23.8. The molecule has 0 saturated carbocycles. The molecule has 1 aliphatic rings. The first-order valence-electron chi connectivity index (χ1n) is 14.8. The summed E-state index contributed by atoms with van der Waals surface area (Å²) in [5.41, 5.74) is 3.13. The molecule has 0 spiro atoms. The van der Waals surface area contributed by atoms with Gasteiger partial charge in [0.05, 0.1) is 0 Å². The molecule has 4 rings (SSSR count). The highest BCUT2D eigenvalue weighted by atomic mass is 16.2. The Labute approximate surface area is 234 Å². The molecule has 3 aromatic carbocycles. The largest absolute Gasteiger partial charge is 0.339 e. The van der Waals surface area contributed by atoms with Crippen LogP contribution in [0.25, 0.3) is 16.8 Å². The van der Waals surface area contributed by atoms with Crippen LogP contribution in [0, 0.1) is 5.92 Å². The van der Waals surface area contributed by atoms with Gasteiger partial charge in [-0.1, -0.05) is 105 Å². The fraction of sp³-hybridized carbons (Fsp3) is 0.429. The first-order valence-corrected chi connectivity index (χ1v) is 14.8. The topological polar surface area (TPSA) is 40.6 Å². The van der Waals surface area contributed by atoms with E-state index >= 15 is 0 Å². The molecule has 206 valence electrons. The minimum Gasteiger partial charge on any atom is -0.339 e. The SMILES string of the molecule is CCCCCCCC(=O)N(C/C(C)=C/c1ccccc1)CC1CCN(C(=O)c2ccc3ccccc3c2)CC1. The number of unbranched alkanes of at least 4 members (excludes halogenated alkanes) is 4. The Morgan fingerprint density at radius 2 is 1.56 bits per heavy atom. The monoisotopic (exact) mass is 524 g/mol. The molecule has 0 bridgehead atoms. The molecular weight excluding hydrogens is 480 g/mol. The van der Waals surface area contributed by atoms with Gasteiger partial charge in [-0.25, -0.2) is 0 Å². The average Bonchev–Trinajstić information content (AvgIpc) is 2.97. The number of amides is 2. The van der Waals surface area contributed by atoms with E-state index in [-0.39, 0.29) is 11.8 Å². The lowest BCUT2D eigenvalue weighted by atomic mass is 9.95. The molecule has 39 heavy (non-hydrogen) atoms. The van der Waals surface area contributed by atoms with Crippen LogP contribution in [0.4, 0.5) is 0 Å². The summed E-state index contributed by atoms with van der Waals surface area (Å²) in [4.78, 5) is 30.7. The second-order valence-electron chi connectivity index (χ2n) is 11.1. The van der Waals surface area contributed by atoms with Gasteiger partial charge in [0.25, 0.3) is 5.91 Å². The summed E-state index contributed by atoms with van der Waals surface area (Å²) < 4.78 is 0. The van der Waals surface area contributed by atoms with E-state index < -0.39 is 0 Å². The Morgan fingerprint density at radius 3 is 2.31 bits per heavy atom. The Kier molecular flexibility index (Phi) is 10.8. The maximum Gasteiger partial charge on any atom is 0.253 e. The summed E-state index contributed by atoms with van der Waals surface area (Å²) in [6.45, 7) is 7.27. The van der Waals surface area contributed by atoms with Crippen molar-refractivity contribution in [2.75, 3.05) is 26.2 Å². The second-order valence-corrected chi connectivity index (χ2v) is 11.1. The summed E-state index contributed by atoms with van der Waals surface area (Å²) in [5, 5.41) is 2.25. The predicted molar refractivity (Wildman–Crippen MR) is 163 cm³/mol. The van der Waals surface area contributed by atoms with Gasteiger partial charge in [-0.3, -0.25) is 9.59 Å². The van der Waals surface area contributed by atoms with Crippen LogP contribution in [0.3, 0.4) is 0 Å². The van der Waals surface area contributed by atoms with Crippen molar-refractivity contribution in [1.82, 2.24) is 9.80 Å². The zero-order chi connectivity index (χ0) is 27.5. The van der Waals surface area contributed by atoms with E-state index in [1.54, 1.807) is 0 Å². The number of benzene rings is 3. The molecule has 1 fully saturated rings. The highest BCUT2D eigenvalue weighted by Gasteiger charge is 2.26. The minimum absolute atomic E-state index is 0.112. The van der Waals surface area contributed by atoms with Crippen molar-refractivity contribution >= 4 is 28.7 Å². The van der Waals surface area contributed by atoms with Crippen LogP contribution in [-0.2, 0) is 4.79 Å². The number of carbonyl (C=O) groups is 2. The van der Waals surface area contributed by atoms with E-state index in [1.165, 1.54) is 30.4 Å². The molecule has 3 aromatic rings. The lowest BCUT2D eigenvalue weighted by Crippen LogP contribution is -2.43. The van der Waals surface area contributed by atoms with Gasteiger partial charge in [-0.2, -0.15) is 0 Å². The molecule has 4 nitrogen and oxygen atoms in total. The number of carbonyl (C=O) groups excluding carboxylic acids is 2. The number of rotatable bonds is 12. The van der Waals surface area contributed by atoms with Gasteiger partial charge in [0, 0.05) is 38.2 Å². The van der Waals surface area contributed by atoms with Gasteiger partial charge in [0.15, 0.2) is 0 Å². The lowest BCUT2D eigenvalue weighted by Gasteiger charge is -2.35. The Hall–Kier alpha value is -3.40. The maximum atomic E-state index is 13.3. The fourth-order valence-corrected chi connectivity index (χ4v) is 5.61. The molecule has 0 aromatic heterocycles. The minimum atomic E-state index is 0.112. The summed E-state index contributed by atoms with van der Waals surface area (Å²) >= 11 is 0. The molecule has 1 aliphatic heterocycles. The Bertz CT molecular complexity index is 1240. The number of piperidine rings is 1. The first kappa shape index (κ1) is 28.6. The van der Waals surface area contributed by atoms with Gasteiger partial charge in [0.2, 0.25) is 5.91 Å². The summed E-state index contributed by atoms with van der Waals surface area (Å²) in [6.07, 6.45) is 10.4. The summed E-state index contributed by atoms with van der Waals surface area (Å²) in [5.74, 6) is 0.794. The lowest BCUT2D eigenvalue weighted by molar-refractivity contribution is -0.131. The molecule has 4 heteroatoms. The molecule has 0 atom stereocenters. The van der Waals surface area contributed by atoms with Crippen molar-refractivity contribution in [3.05, 3.63) is 89.5 Å². The smallest absolute Gasteiger partial charge is 0.253 e. The van der Waals surface area contributed by atoms with Gasteiger partial charge in [0.1, 0.15) is 0 Å². The van der Waals surface area contributed by atoms with Crippen LogP contribution in [0.15, 0.2) is 78.4 Å². The second kappa shape index (κ2) is 14.7. The van der Waals surface area contributed by atoms with Crippen LogP contribution in [-0.4, -0.2) is 47.8 Å². The van der Waals surface area contributed by atoms with Crippen molar-refractivity contribution in [3.8, 4) is 0 Å². The Balaban J connectivity index is 1.35. The standard InChI is InChI=1S/C35H44N2O2/c1-3-4-5-6-10-17-34(38)37(26-28(2)24-29-13-8-7-9-14-29)27-30-20-22-36(23-21-30)35(39)33-19-18-31-15-11-12-16-32(31)25-33/h7-9,11-16,18-19,24-25,30H,3-6,10,17,20-23,26-27H2,1-2H3/b28-24+. The molecule has 1 heterocycles. The van der Waals surface area contributed by atoms with E-state index in [0.29, 0.717) is 18.9 Å². The molecule has 0 N–H and O–H groups in total. The molecule has 0 aliphatic carbocycles. The van der Waals surface area contributed by atoms with E-state index in [2.05, 4.69) is 49.1 Å². The van der Waals surface area contributed by atoms with Crippen LogP contribution in [0.2, 0.25) is 0 Å². The van der Waals surface area contributed by atoms with E-state index in [1.807, 2.05) is 53.4 Å².